The molecule has 4 heterocycles. The van der Waals surface area contributed by atoms with E-state index in [2.05, 4.69) is 9.97 Å². The van der Waals surface area contributed by atoms with Crippen LogP contribution in [-0.2, 0) is 0 Å². The quantitative estimate of drug-likeness (QED) is 0.483. The molecule has 0 N–H and O–H groups in total. The van der Waals surface area contributed by atoms with E-state index in [1.165, 1.54) is 11.3 Å². The van der Waals surface area contributed by atoms with Crippen LogP contribution >= 0.6 is 11.3 Å². The van der Waals surface area contributed by atoms with E-state index >= 15 is 0 Å². The minimum Gasteiger partial charge on any atom is -0.267 e. The number of pyridine rings is 2. The highest BCUT2D eigenvalue weighted by atomic mass is 32.1. The van der Waals surface area contributed by atoms with Gasteiger partial charge in [0.1, 0.15) is 15.2 Å². The Morgan fingerprint density at radius 2 is 2.11 bits per heavy atom. The lowest BCUT2D eigenvalue weighted by Crippen LogP contribution is -2.13. The molecule has 0 atom stereocenters. The second-order valence-electron chi connectivity index (χ2n) is 3.98. The van der Waals surface area contributed by atoms with Crippen LogP contribution in [0.1, 0.15) is 0 Å². The van der Waals surface area contributed by atoms with Crippen molar-refractivity contribution in [2.45, 2.75) is 0 Å². The lowest BCUT2D eigenvalue weighted by molar-refractivity contribution is 1.08. The van der Waals surface area contributed by atoms with Crippen LogP contribution in [0.5, 0.6) is 0 Å². The normalized spacial score (nSPS) is 11.6. The average molecular weight is 253 g/mol. The van der Waals surface area contributed by atoms with E-state index in [-0.39, 0.29) is 5.56 Å². The number of thiophene rings is 1. The van der Waals surface area contributed by atoms with Crippen molar-refractivity contribution >= 4 is 37.4 Å². The maximum atomic E-state index is 12.4. The van der Waals surface area contributed by atoms with E-state index in [0.29, 0.717) is 10.3 Å². The molecule has 18 heavy (non-hydrogen) atoms. The largest absolute Gasteiger partial charge is 0.275 e. The molecule has 4 aromatic heterocycles. The van der Waals surface area contributed by atoms with Crippen molar-refractivity contribution in [1.82, 2.24) is 14.4 Å². The Labute approximate surface area is 105 Å². The highest BCUT2D eigenvalue weighted by Gasteiger charge is 2.12. The van der Waals surface area contributed by atoms with E-state index in [9.17, 15) is 4.79 Å². The van der Waals surface area contributed by atoms with Crippen molar-refractivity contribution < 1.29 is 0 Å². The Kier molecular flexibility index (Phi) is 1.82. The highest BCUT2D eigenvalue weighted by Crippen LogP contribution is 2.28. The number of fused-ring (bicyclic) bond motifs is 4. The van der Waals surface area contributed by atoms with Crippen molar-refractivity contribution in [2.24, 2.45) is 0 Å². The molecule has 0 amide bonds. The summed E-state index contributed by atoms with van der Waals surface area (Å²) in [5, 5.41) is 0.945. The molecule has 0 unspecified atom stereocenters. The van der Waals surface area contributed by atoms with E-state index in [0.717, 1.165) is 15.7 Å². The number of aromatic nitrogens is 3. The Morgan fingerprint density at radius 3 is 3.06 bits per heavy atom. The third-order valence-electron chi connectivity index (χ3n) is 2.92. The summed E-state index contributed by atoms with van der Waals surface area (Å²) in [6.45, 7) is 0. The fourth-order valence-corrected chi connectivity index (χ4v) is 3.12. The molecule has 4 nitrogen and oxygen atoms in total. The standard InChI is InChI=1S/C13H7N3OS/c17-13-11-10(8-4-3-6-14-12(8)18-11)15-9-5-1-2-7-16(9)13/h1-7H. The van der Waals surface area contributed by atoms with Crippen LogP contribution in [0, 0.1) is 0 Å². The Morgan fingerprint density at radius 1 is 1.17 bits per heavy atom. The van der Waals surface area contributed by atoms with Gasteiger partial charge < -0.3 is 0 Å². The molecule has 0 spiro atoms. The first kappa shape index (κ1) is 9.73. The van der Waals surface area contributed by atoms with Gasteiger partial charge in [0.05, 0.1) is 5.52 Å². The smallest absolute Gasteiger partial charge is 0.267 e. The minimum atomic E-state index is -0.0291. The van der Waals surface area contributed by atoms with Crippen molar-refractivity contribution in [3.05, 3.63) is 53.1 Å². The Balaban J connectivity index is 2.38. The molecule has 0 aliphatic carbocycles. The summed E-state index contributed by atoms with van der Waals surface area (Å²) >= 11 is 1.40. The molecule has 0 aromatic carbocycles. The van der Waals surface area contributed by atoms with Gasteiger partial charge in [0.2, 0.25) is 0 Å². The van der Waals surface area contributed by atoms with Gasteiger partial charge in [0.15, 0.2) is 0 Å². The first-order valence-corrected chi connectivity index (χ1v) is 6.31. The number of hydrogen-bond donors (Lipinski definition) is 0. The van der Waals surface area contributed by atoms with E-state index in [1.807, 2.05) is 30.3 Å². The van der Waals surface area contributed by atoms with Crippen LogP contribution in [0.3, 0.4) is 0 Å². The lowest BCUT2D eigenvalue weighted by Gasteiger charge is -1.98. The molecule has 0 fully saturated rings. The fraction of sp³-hybridized carbons (Fsp3) is 0. The monoisotopic (exact) mass is 253 g/mol. The molecular weight excluding hydrogens is 246 g/mol. The fourth-order valence-electron chi connectivity index (χ4n) is 2.10. The Hall–Kier alpha value is -2.27. The molecule has 0 saturated heterocycles. The maximum absolute atomic E-state index is 12.4. The van der Waals surface area contributed by atoms with E-state index in [4.69, 9.17) is 0 Å². The van der Waals surface area contributed by atoms with Crippen LogP contribution in [0.4, 0.5) is 0 Å². The van der Waals surface area contributed by atoms with Crippen molar-refractivity contribution in [3.63, 3.8) is 0 Å². The summed E-state index contributed by atoms with van der Waals surface area (Å²) in [5.74, 6) is 0. The SMILES string of the molecule is O=c1c2sc3ncccc3c2nc2ccccn12. The van der Waals surface area contributed by atoms with Crippen LogP contribution in [0.2, 0.25) is 0 Å². The first-order valence-electron chi connectivity index (χ1n) is 5.49. The van der Waals surface area contributed by atoms with Gasteiger partial charge >= 0.3 is 0 Å². The molecule has 5 heteroatoms. The van der Waals surface area contributed by atoms with Gasteiger partial charge in [-0.15, -0.1) is 11.3 Å². The topological polar surface area (TPSA) is 47.3 Å². The molecule has 0 aliphatic rings. The molecule has 4 aromatic rings. The molecular formula is C13H7N3OS. The van der Waals surface area contributed by atoms with Gasteiger partial charge in [0.25, 0.3) is 5.56 Å². The van der Waals surface area contributed by atoms with Crippen LogP contribution in [-0.4, -0.2) is 14.4 Å². The van der Waals surface area contributed by atoms with Crippen LogP contribution in [0.25, 0.3) is 26.1 Å². The van der Waals surface area contributed by atoms with Crippen molar-refractivity contribution in [2.75, 3.05) is 0 Å². The average Bonchev–Trinajstić information content (AvgIpc) is 2.79. The molecule has 86 valence electrons. The van der Waals surface area contributed by atoms with Gasteiger partial charge in [-0.05, 0) is 24.3 Å². The summed E-state index contributed by atoms with van der Waals surface area (Å²) in [6, 6.07) is 9.35. The predicted octanol–water partition coefficient (Wildman–Crippen LogP) is 2.46. The molecule has 0 saturated carbocycles. The Bertz CT molecular complexity index is 955. The molecule has 0 bridgehead atoms. The summed E-state index contributed by atoms with van der Waals surface area (Å²) in [7, 11) is 0. The van der Waals surface area contributed by atoms with E-state index in [1.54, 1.807) is 16.8 Å². The second-order valence-corrected chi connectivity index (χ2v) is 4.98. The van der Waals surface area contributed by atoms with Crippen molar-refractivity contribution in [3.8, 4) is 0 Å². The van der Waals surface area contributed by atoms with Gasteiger partial charge in [-0.25, -0.2) is 9.97 Å². The van der Waals surface area contributed by atoms with Crippen molar-refractivity contribution in [1.29, 1.82) is 0 Å². The zero-order valence-corrected chi connectivity index (χ0v) is 10.0. The minimum absolute atomic E-state index is 0.0291. The number of rotatable bonds is 0. The second kappa shape index (κ2) is 3.36. The van der Waals surface area contributed by atoms with Gasteiger partial charge in [-0.1, -0.05) is 6.07 Å². The van der Waals surface area contributed by atoms with E-state index < -0.39 is 0 Å². The maximum Gasteiger partial charge on any atom is 0.275 e. The summed E-state index contributed by atoms with van der Waals surface area (Å²) in [6.07, 6.45) is 3.47. The molecule has 0 aliphatic heterocycles. The molecule has 0 radical (unpaired) electrons. The van der Waals surface area contributed by atoms with Crippen LogP contribution in [0.15, 0.2) is 47.5 Å². The highest BCUT2D eigenvalue weighted by molar-refractivity contribution is 7.25. The summed E-state index contributed by atoms with van der Waals surface area (Å²) in [4.78, 5) is 22.1. The zero-order valence-electron chi connectivity index (χ0n) is 9.20. The number of hydrogen-bond acceptors (Lipinski definition) is 4. The molecule has 4 rings (SSSR count). The third kappa shape index (κ3) is 1.16. The zero-order chi connectivity index (χ0) is 12.1. The van der Waals surface area contributed by atoms with Crippen LogP contribution < -0.4 is 5.56 Å². The summed E-state index contributed by atoms with van der Waals surface area (Å²) < 4.78 is 2.23. The first-order chi connectivity index (χ1) is 8.84. The van der Waals surface area contributed by atoms with Gasteiger partial charge in [-0.2, -0.15) is 0 Å². The predicted molar refractivity (Wildman–Crippen MR) is 72.1 cm³/mol. The number of nitrogens with zero attached hydrogens (tertiary/aromatic N) is 3. The summed E-state index contributed by atoms with van der Waals surface area (Å²) in [5.41, 5.74) is 1.39. The van der Waals surface area contributed by atoms with Gasteiger partial charge in [0, 0.05) is 17.8 Å². The third-order valence-corrected chi connectivity index (χ3v) is 4.01. The lowest BCUT2D eigenvalue weighted by atomic mass is 10.3. The van der Waals surface area contributed by atoms with Gasteiger partial charge in [-0.3, -0.25) is 9.20 Å².